The Kier molecular flexibility index (Phi) is 4.28. The molecule has 0 aliphatic rings. The fourth-order valence-electron chi connectivity index (χ4n) is 1.36. The first-order chi connectivity index (χ1) is 7.20. The molecule has 1 aromatic rings. The van der Waals surface area contributed by atoms with Crippen LogP contribution in [0, 0.1) is 5.92 Å². The molecule has 0 aliphatic heterocycles. The van der Waals surface area contributed by atoms with E-state index >= 15 is 0 Å². The van der Waals surface area contributed by atoms with E-state index in [0.717, 1.165) is 13.0 Å². The largest absolute Gasteiger partial charge is 0.370 e. The van der Waals surface area contributed by atoms with E-state index in [4.69, 9.17) is 0 Å². The van der Waals surface area contributed by atoms with Gasteiger partial charge in [0.15, 0.2) is 5.78 Å². The van der Waals surface area contributed by atoms with Gasteiger partial charge in [0.2, 0.25) is 0 Å². The molecule has 1 rings (SSSR count). The zero-order chi connectivity index (χ0) is 11.3. The van der Waals surface area contributed by atoms with Gasteiger partial charge in [0.25, 0.3) is 0 Å². The second-order valence-electron chi connectivity index (χ2n) is 3.60. The Morgan fingerprint density at radius 2 is 2.27 bits per heavy atom. The topological polar surface area (TPSA) is 42.0 Å². The monoisotopic (exact) mass is 206 g/mol. The first-order valence-corrected chi connectivity index (χ1v) is 5.43. The third kappa shape index (κ3) is 2.78. The molecule has 15 heavy (non-hydrogen) atoms. The maximum absolute atomic E-state index is 12.0. The van der Waals surface area contributed by atoms with Crippen LogP contribution in [0.1, 0.15) is 37.6 Å². The first-order valence-electron chi connectivity index (χ1n) is 5.43. The van der Waals surface area contributed by atoms with E-state index in [2.05, 4.69) is 10.3 Å². The number of ketones is 1. The average molecular weight is 206 g/mol. The lowest BCUT2D eigenvalue weighted by Crippen LogP contribution is -2.14. The molecular formula is C12H18N2O. The molecule has 1 N–H and O–H groups in total. The smallest absolute Gasteiger partial charge is 0.169 e. The van der Waals surface area contributed by atoms with Crippen LogP contribution in [-0.2, 0) is 0 Å². The van der Waals surface area contributed by atoms with Crippen LogP contribution in [0.15, 0.2) is 18.3 Å². The van der Waals surface area contributed by atoms with E-state index in [9.17, 15) is 4.79 Å². The molecule has 1 heterocycles. The Labute approximate surface area is 90.9 Å². The number of rotatable bonds is 5. The van der Waals surface area contributed by atoms with Crippen molar-refractivity contribution in [3.8, 4) is 0 Å². The van der Waals surface area contributed by atoms with Crippen LogP contribution in [0.3, 0.4) is 0 Å². The molecular weight excluding hydrogens is 188 g/mol. The molecule has 3 nitrogen and oxygen atoms in total. The van der Waals surface area contributed by atoms with Crippen LogP contribution in [0.25, 0.3) is 0 Å². The van der Waals surface area contributed by atoms with Crippen molar-refractivity contribution >= 4 is 11.6 Å². The summed E-state index contributed by atoms with van der Waals surface area (Å²) in [6.45, 7) is 6.74. The molecule has 0 bridgehead atoms. The number of carbonyl (C=O) groups is 1. The molecule has 0 saturated carbocycles. The van der Waals surface area contributed by atoms with Gasteiger partial charge < -0.3 is 5.32 Å². The van der Waals surface area contributed by atoms with Crippen molar-refractivity contribution < 1.29 is 4.79 Å². The summed E-state index contributed by atoms with van der Waals surface area (Å²) >= 11 is 0. The second-order valence-corrected chi connectivity index (χ2v) is 3.60. The van der Waals surface area contributed by atoms with Gasteiger partial charge in [-0.25, -0.2) is 4.98 Å². The number of Topliss-reactive ketones (excluding diaryl/α,β-unsaturated/α-hetero) is 1. The molecule has 0 aliphatic carbocycles. The number of hydrogen-bond donors (Lipinski definition) is 1. The van der Waals surface area contributed by atoms with E-state index in [0.29, 0.717) is 11.4 Å². The molecule has 1 aromatic heterocycles. The predicted molar refractivity (Wildman–Crippen MR) is 62.2 cm³/mol. The van der Waals surface area contributed by atoms with Crippen LogP contribution >= 0.6 is 0 Å². The summed E-state index contributed by atoms with van der Waals surface area (Å²) in [6, 6.07) is 3.63. The van der Waals surface area contributed by atoms with Crippen molar-refractivity contribution in [3.05, 3.63) is 23.9 Å². The first kappa shape index (κ1) is 11.7. The van der Waals surface area contributed by atoms with Gasteiger partial charge in [-0.05, 0) is 25.5 Å². The fraction of sp³-hybridized carbons (Fsp3) is 0.500. The summed E-state index contributed by atoms with van der Waals surface area (Å²) in [7, 11) is 0. The summed E-state index contributed by atoms with van der Waals surface area (Å²) in [5, 5.41) is 3.10. The van der Waals surface area contributed by atoms with E-state index in [1.165, 1.54) is 0 Å². The van der Waals surface area contributed by atoms with Gasteiger partial charge in [-0.15, -0.1) is 0 Å². The number of hydrogen-bond acceptors (Lipinski definition) is 3. The fourth-order valence-corrected chi connectivity index (χ4v) is 1.36. The molecule has 0 radical (unpaired) electrons. The molecule has 0 saturated heterocycles. The minimum Gasteiger partial charge on any atom is -0.370 e. The van der Waals surface area contributed by atoms with Crippen molar-refractivity contribution in [1.29, 1.82) is 0 Å². The number of nitrogens with one attached hydrogen (secondary N) is 1. The summed E-state index contributed by atoms with van der Waals surface area (Å²) < 4.78 is 0. The molecule has 82 valence electrons. The maximum Gasteiger partial charge on any atom is 0.169 e. The predicted octanol–water partition coefficient (Wildman–Crippen LogP) is 2.74. The van der Waals surface area contributed by atoms with Crippen LogP contribution < -0.4 is 5.32 Å². The Morgan fingerprint density at radius 3 is 2.87 bits per heavy atom. The van der Waals surface area contributed by atoms with E-state index in [1.54, 1.807) is 12.3 Å². The Morgan fingerprint density at radius 1 is 1.53 bits per heavy atom. The highest BCUT2D eigenvalue weighted by Crippen LogP contribution is 2.17. The van der Waals surface area contributed by atoms with Gasteiger partial charge in [0, 0.05) is 18.7 Å². The normalized spacial score (nSPS) is 12.2. The molecule has 1 atom stereocenters. The van der Waals surface area contributed by atoms with Crippen molar-refractivity contribution in [1.82, 2.24) is 4.98 Å². The van der Waals surface area contributed by atoms with Crippen molar-refractivity contribution in [2.45, 2.75) is 27.2 Å². The second kappa shape index (κ2) is 5.49. The lowest BCUT2D eigenvalue weighted by Gasteiger charge is -2.11. The Hall–Kier alpha value is -1.38. The minimum atomic E-state index is 0.0617. The van der Waals surface area contributed by atoms with Gasteiger partial charge >= 0.3 is 0 Å². The lowest BCUT2D eigenvalue weighted by atomic mass is 9.97. The SMILES string of the molecule is CCNc1ncccc1C(=O)C(C)CC. The van der Waals surface area contributed by atoms with Crippen LogP contribution in [0.5, 0.6) is 0 Å². The lowest BCUT2D eigenvalue weighted by molar-refractivity contribution is 0.0928. The maximum atomic E-state index is 12.0. The number of carbonyl (C=O) groups excluding carboxylic acids is 1. The number of pyridine rings is 1. The molecule has 3 heteroatoms. The van der Waals surface area contributed by atoms with Gasteiger partial charge in [0.1, 0.15) is 5.82 Å². The highest BCUT2D eigenvalue weighted by atomic mass is 16.1. The summed E-state index contributed by atoms with van der Waals surface area (Å²) in [6.07, 6.45) is 2.56. The highest BCUT2D eigenvalue weighted by molar-refractivity contribution is 6.01. The van der Waals surface area contributed by atoms with Crippen LogP contribution in [-0.4, -0.2) is 17.3 Å². The van der Waals surface area contributed by atoms with E-state index in [-0.39, 0.29) is 11.7 Å². The highest BCUT2D eigenvalue weighted by Gasteiger charge is 2.16. The third-order valence-corrected chi connectivity index (χ3v) is 2.48. The van der Waals surface area contributed by atoms with Gasteiger partial charge in [-0.1, -0.05) is 13.8 Å². The zero-order valence-electron chi connectivity index (χ0n) is 9.58. The van der Waals surface area contributed by atoms with E-state index in [1.807, 2.05) is 26.8 Å². The summed E-state index contributed by atoms with van der Waals surface area (Å²) in [4.78, 5) is 16.2. The van der Waals surface area contributed by atoms with Gasteiger partial charge in [-0.2, -0.15) is 0 Å². The molecule has 0 amide bonds. The van der Waals surface area contributed by atoms with Crippen molar-refractivity contribution in [2.75, 3.05) is 11.9 Å². The van der Waals surface area contributed by atoms with Crippen molar-refractivity contribution in [2.24, 2.45) is 5.92 Å². The summed E-state index contributed by atoms with van der Waals surface area (Å²) in [5.74, 6) is 0.929. The molecule has 0 aromatic carbocycles. The summed E-state index contributed by atoms with van der Waals surface area (Å²) in [5.41, 5.74) is 0.703. The number of anilines is 1. The molecule has 0 spiro atoms. The molecule has 1 unspecified atom stereocenters. The van der Waals surface area contributed by atoms with Crippen LogP contribution in [0.4, 0.5) is 5.82 Å². The quantitative estimate of drug-likeness (QED) is 0.753. The number of aromatic nitrogens is 1. The zero-order valence-corrected chi connectivity index (χ0v) is 9.58. The standard InChI is InChI=1S/C12H18N2O/c1-4-9(3)11(15)10-7-6-8-14-12(10)13-5-2/h6-9H,4-5H2,1-3H3,(H,13,14). The Bertz CT molecular complexity index is 336. The number of nitrogens with zero attached hydrogens (tertiary/aromatic N) is 1. The minimum absolute atomic E-state index is 0.0617. The van der Waals surface area contributed by atoms with Gasteiger partial charge in [0.05, 0.1) is 5.56 Å². The third-order valence-electron chi connectivity index (χ3n) is 2.48. The average Bonchev–Trinajstić information content (AvgIpc) is 2.28. The Balaban J connectivity index is 2.96. The van der Waals surface area contributed by atoms with E-state index < -0.39 is 0 Å². The van der Waals surface area contributed by atoms with Crippen LogP contribution in [0.2, 0.25) is 0 Å². The van der Waals surface area contributed by atoms with Crippen molar-refractivity contribution in [3.63, 3.8) is 0 Å². The molecule has 0 fully saturated rings. The van der Waals surface area contributed by atoms with Gasteiger partial charge in [-0.3, -0.25) is 4.79 Å².